The maximum Gasteiger partial charge on any atom is 0.407 e. The fraction of sp³-hybridized carbons (Fsp3) is 0.278. The number of hydrogen-bond acceptors (Lipinski definition) is 2. The third-order valence-corrected chi connectivity index (χ3v) is 4.91. The van der Waals surface area contributed by atoms with Gasteiger partial charge in [0.2, 0.25) is 0 Å². The topological polar surface area (TPSA) is 32.3 Å². The highest BCUT2D eigenvalue weighted by Gasteiger charge is 2.61. The van der Waals surface area contributed by atoms with Crippen molar-refractivity contribution in [3.63, 3.8) is 0 Å². The summed E-state index contributed by atoms with van der Waals surface area (Å²) in [4.78, 5) is 14.5. The molecule has 2 aliphatic heterocycles. The summed E-state index contributed by atoms with van der Waals surface area (Å²) in [6.45, 7) is 1.86. The van der Waals surface area contributed by atoms with Gasteiger partial charge in [0, 0.05) is 18.3 Å². The molecule has 1 spiro atoms. The van der Waals surface area contributed by atoms with E-state index in [1.54, 1.807) is 37.4 Å². The van der Waals surface area contributed by atoms with E-state index in [9.17, 15) is 18.0 Å². The molecule has 2 aromatic carbocycles. The van der Waals surface area contributed by atoms with Crippen LogP contribution in [0.4, 0.5) is 18.9 Å². The van der Waals surface area contributed by atoms with Crippen molar-refractivity contribution in [1.82, 2.24) is 5.32 Å². The molecule has 0 aromatic heterocycles. The smallest absolute Gasteiger partial charge is 0.313 e. The van der Waals surface area contributed by atoms with Crippen LogP contribution >= 0.6 is 0 Å². The lowest BCUT2D eigenvalue weighted by Crippen LogP contribution is -2.49. The Morgan fingerprint density at radius 1 is 1.12 bits per heavy atom. The molecule has 0 radical (unpaired) electrons. The van der Waals surface area contributed by atoms with Gasteiger partial charge in [-0.1, -0.05) is 42.0 Å². The second-order valence-electron chi connectivity index (χ2n) is 6.34. The van der Waals surface area contributed by atoms with Crippen molar-refractivity contribution >= 4 is 11.6 Å². The van der Waals surface area contributed by atoms with Crippen molar-refractivity contribution in [3.05, 3.63) is 64.7 Å². The van der Waals surface area contributed by atoms with E-state index in [2.05, 4.69) is 5.32 Å². The Kier molecular flexibility index (Phi) is 2.91. The van der Waals surface area contributed by atoms with Crippen LogP contribution in [0.25, 0.3) is 0 Å². The van der Waals surface area contributed by atoms with E-state index in [1.807, 2.05) is 13.0 Å². The number of amides is 1. The Hall–Kier alpha value is -2.34. The van der Waals surface area contributed by atoms with Crippen LogP contribution in [0.15, 0.2) is 42.5 Å². The standard InChI is InChI=1S/C18H15F3N2O/c1-10-7-8-14-13(9-10)17(16(24)23(14)2)12-6-4-3-5-11(12)15(22-17)18(19,20)21/h3-9,15,22H,1-2H3. The summed E-state index contributed by atoms with van der Waals surface area (Å²) >= 11 is 0. The van der Waals surface area contributed by atoms with Gasteiger partial charge in [-0.25, -0.2) is 0 Å². The fourth-order valence-corrected chi connectivity index (χ4v) is 3.84. The molecule has 6 heteroatoms. The number of anilines is 1. The van der Waals surface area contributed by atoms with E-state index < -0.39 is 17.8 Å². The molecular weight excluding hydrogens is 317 g/mol. The minimum absolute atomic E-state index is 0.112. The number of halogens is 3. The van der Waals surface area contributed by atoms with Gasteiger partial charge in [0.1, 0.15) is 6.04 Å². The number of alkyl halides is 3. The van der Waals surface area contributed by atoms with Gasteiger partial charge in [0.15, 0.2) is 5.54 Å². The van der Waals surface area contributed by atoms with Crippen LogP contribution in [-0.4, -0.2) is 19.1 Å². The average molecular weight is 332 g/mol. The van der Waals surface area contributed by atoms with Gasteiger partial charge in [-0.3, -0.25) is 10.1 Å². The quantitative estimate of drug-likeness (QED) is 0.802. The van der Waals surface area contributed by atoms with E-state index in [0.29, 0.717) is 16.8 Å². The molecule has 0 saturated heterocycles. The third-order valence-electron chi connectivity index (χ3n) is 4.91. The number of nitrogens with one attached hydrogen (secondary N) is 1. The van der Waals surface area contributed by atoms with E-state index in [1.165, 1.54) is 11.0 Å². The molecule has 124 valence electrons. The SMILES string of the molecule is Cc1ccc2c(c1)C1(NC(C(F)(F)F)c3ccccc31)C(=O)N2C. The summed E-state index contributed by atoms with van der Waals surface area (Å²) in [7, 11) is 1.59. The summed E-state index contributed by atoms with van der Waals surface area (Å²) in [5.41, 5.74) is 1.12. The Balaban J connectivity index is 2.03. The van der Waals surface area contributed by atoms with Crippen molar-refractivity contribution < 1.29 is 18.0 Å². The van der Waals surface area contributed by atoms with Gasteiger partial charge in [-0.05, 0) is 24.1 Å². The second kappa shape index (κ2) is 4.60. The number of benzene rings is 2. The molecule has 0 bridgehead atoms. The van der Waals surface area contributed by atoms with Crippen molar-refractivity contribution in [3.8, 4) is 0 Å². The van der Waals surface area contributed by atoms with Crippen LogP contribution in [0.3, 0.4) is 0 Å². The zero-order chi connectivity index (χ0) is 17.3. The van der Waals surface area contributed by atoms with Gasteiger partial charge < -0.3 is 4.90 Å². The largest absolute Gasteiger partial charge is 0.407 e. The normalized spacial score (nSPS) is 25.3. The van der Waals surface area contributed by atoms with E-state index in [-0.39, 0.29) is 11.5 Å². The predicted octanol–water partition coefficient (Wildman–Crippen LogP) is 3.42. The molecule has 2 unspecified atom stereocenters. The minimum Gasteiger partial charge on any atom is -0.313 e. The highest BCUT2D eigenvalue weighted by atomic mass is 19.4. The second-order valence-corrected chi connectivity index (χ2v) is 6.34. The number of carbonyl (C=O) groups is 1. The lowest BCUT2D eigenvalue weighted by Gasteiger charge is -2.26. The maximum absolute atomic E-state index is 13.6. The Labute approximate surface area is 137 Å². The van der Waals surface area contributed by atoms with Crippen LogP contribution in [0.2, 0.25) is 0 Å². The lowest BCUT2D eigenvalue weighted by atomic mass is 9.84. The van der Waals surface area contributed by atoms with Crippen molar-refractivity contribution in [2.75, 3.05) is 11.9 Å². The summed E-state index contributed by atoms with van der Waals surface area (Å²) in [5, 5.41) is 2.62. The zero-order valence-corrected chi connectivity index (χ0v) is 13.1. The zero-order valence-electron chi connectivity index (χ0n) is 13.1. The number of aryl methyl sites for hydroxylation is 1. The van der Waals surface area contributed by atoms with Gasteiger partial charge in [-0.15, -0.1) is 0 Å². The van der Waals surface area contributed by atoms with Gasteiger partial charge in [-0.2, -0.15) is 13.2 Å². The monoisotopic (exact) mass is 332 g/mol. The molecule has 1 N–H and O–H groups in total. The first-order valence-corrected chi connectivity index (χ1v) is 7.60. The van der Waals surface area contributed by atoms with Crippen LogP contribution in [0.5, 0.6) is 0 Å². The van der Waals surface area contributed by atoms with E-state index in [4.69, 9.17) is 0 Å². The van der Waals surface area contributed by atoms with E-state index >= 15 is 0 Å². The first-order valence-electron chi connectivity index (χ1n) is 7.60. The minimum atomic E-state index is -4.48. The Morgan fingerprint density at radius 3 is 2.54 bits per heavy atom. The van der Waals surface area contributed by atoms with Crippen molar-refractivity contribution in [1.29, 1.82) is 0 Å². The van der Waals surface area contributed by atoms with Crippen LogP contribution in [-0.2, 0) is 10.3 Å². The fourth-order valence-electron chi connectivity index (χ4n) is 3.84. The van der Waals surface area contributed by atoms with Gasteiger partial charge in [0.25, 0.3) is 5.91 Å². The molecular formula is C18H15F3N2O. The Bertz CT molecular complexity index is 862. The molecule has 3 nitrogen and oxygen atoms in total. The van der Waals surface area contributed by atoms with Crippen LogP contribution in [0.1, 0.15) is 28.3 Å². The molecule has 0 fully saturated rings. The summed E-state index contributed by atoms with van der Waals surface area (Å²) in [6, 6.07) is 9.84. The molecule has 24 heavy (non-hydrogen) atoms. The number of likely N-dealkylation sites (N-methyl/N-ethyl adjacent to an activating group) is 1. The van der Waals surface area contributed by atoms with Crippen molar-refractivity contribution in [2.45, 2.75) is 24.7 Å². The molecule has 2 aliphatic rings. The number of carbonyl (C=O) groups excluding carboxylic acids is 1. The maximum atomic E-state index is 13.6. The molecule has 0 saturated carbocycles. The third kappa shape index (κ3) is 1.74. The highest BCUT2D eigenvalue weighted by molar-refractivity contribution is 6.10. The highest BCUT2D eigenvalue weighted by Crippen LogP contribution is 2.53. The molecule has 2 atom stereocenters. The van der Waals surface area contributed by atoms with Gasteiger partial charge in [0.05, 0.1) is 0 Å². The average Bonchev–Trinajstić information content (AvgIpc) is 2.98. The number of hydrogen-bond donors (Lipinski definition) is 1. The van der Waals surface area contributed by atoms with Crippen LogP contribution < -0.4 is 10.2 Å². The molecule has 2 aromatic rings. The Morgan fingerprint density at radius 2 is 1.83 bits per heavy atom. The molecule has 1 amide bonds. The summed E-state index contributed by atoms with van der Waals surface area (Å²) in [6.07, 6.45) is -4.48. The number of fused-ring (bicyclic) bond motifs is 4. The first kappa shape index (κ1) is 15.2. The number of nitrogens with zero attached hydrogens (tertiary/aromatic N) is 1. The number of rotatable bonds is 0. The van der Waals surface area contributed by atoms with E-state index in [0.717, 1.165) is 5.56 Å². The molecule has 2 heterocycles. The lowest BCUT2D eigenvalue weighted by molar-refractivity contribution is -0.159. The molecule has 0 aliphatic carbocycles. The van der Waals surface area contributed by atoms with Crippen LogP contribution in [0, 0.1) is 6.92 Å². The first-order chi connectivity index (χ1) is 11.3. The van der Waals surface area contributed by atoms with Gasteiger partial charge >= 0.3 is 6.18 Å². The predicted molar refractivity (Wildman–Crippen MR) is 83.7 cm³/mol. The van der Waals surface area contributed by atoms with Crippen molar-refractivity contribution in [2.24, 2.45) is 0 Å². The summed E-state index contributed by atoms with van der Waals surface area (Å²) < 4.78 is 40.7. The summed E-state index contributed by atoms with van der Waals surface area (Å²) in [5.74, 6) is -0.387. The molecule has 4 rings (SSSR count).